The first-order valence-electron chi connectivity index (χ1n) is 6.88. The molecule has 2 atom stereocenters. The highest BCUT2D eigenvalue weighted by molar-refractivity contribution is 6.33. The molecule has 100 valence electrons. The lowest BCUT2D eigenvalue weighted by molar-refractivity contribution is 0.264. The van der Waals surface area contributed by atoms with Gasteiger partial charge in [0.05, 0.1) is 0 Å². The summed E-state index contributed by atoms with van der Waals surface area (Å²) in [6, 6.07) is 6.42. The lowest BCUT2D eigenvalue weighted by Crippen LogP contribution is -2.39. The summed E-state index contributed by atoms with van der Waals surface area (Å²) < 4.78 is 0. The minimum atomic E-state index is 0.638. The van der Waals surface area contributed by atoms with Crippen molar-refractivity contribution in [2.24, 2.45) is 5.92 Å². The third kappa shape index (κ3) is 3.63. The highest BCUT2D eigenvalue weighted by atomic mass is 35.5. The third-order valence-corrected chi connectivity index (χ3v) is 4.47. The molecule has 2 rings (SSSR count). The van der Waals surface area contributed by atoms with Crippen LogP contribution < -0.4 is 5.32 Å². The summed E-state index contributed by atoms with van der Waals surface area (Å²) in [6.45, 7) is 3.22. The highest BCUT2D eigenvalue weighted by Gasteiger charge is 2.25. The van der Waals surface area contributed by atoms with Crippen LogP contribution in [-0.4, -0.2) is 12.6 Å². The van der Waals surface area contributed by atoms with Gasteiger partial charge in [-0.3, -0.25) is 0 Å². The molecule has 0 saturated heterocycles. The molecule has 0 radical (unpaired) electrons. The van der Waals surface area contributed by atoms with Crippen molar-refractivity contribution < 1.29 is 0 Å². The van der Waals surface area contributed by atoms with Gasteiger partial charge < -0.3 is 5.32 Å². The fraction of sp³-hybridized carbons (Fsp3) is 0.600. The standard InChI is InChI=1S/C15H21Cl2N/c1-2-18-15-6-4-3-5-11(15)9-12-10-13(16)7-8-14(12)17/h7-8,10-11,15,18H,2-6,9H2,1H3. The van der Waals surface area contributed by atoms with Crippen LogP contribution in [0, 0.1) is 5.92 Å². The maximum atomic E-state index is 6.26. The minimum Gasteiger partial charge on any atom is -0.314 e. The topological polar surface area (TPSA) is 12.0 Å². The van der Waals surface area contributed by atoms with E-state index in [-0.39, 0.29) is 0 Å². The Labute approximate surface area is 120 Å². The van der Waals surface area contributed by atoms with Gasteiger partial charge in [-0.15, -0.1) is 0 Å². The molecule has 0 aliphatic heterocycles. The quantitative estimate of drug-likeness (QED) is 0.845. The second-order valence-corrected chi connectivity index (χ2v) is 5.99. The normalized spacial score (nSPS) is 24.2. The predicted molar refractivity (Wildman–Crippen MR) is 79.6 cm³/mol. The molecule has 1 saturated carbocycles. The Hall–Kier alpha value is -0.240. The second-order valence-electron chi connectivity index (χ2n) is 5.15. The first-order valence-corrected chi connectivity index (χ1v) is 7.63. The second kappa shape index (κ2) is 6.79. The number of hydrogen-bond acceptors (Lipinski definition) is 1. The molecule has 0 heterocycles. The Morgan fingerprint density at radius 1 is 1.22 bits per heavy atom. The van der Waals surface area contributed by atoms with Crippen LogP contribution in [0.25, 0.3) is 0 Å². The monoisotopic (exact) mass is 285 g/mol. The van der Waals surface area contributed by atoms with Gasteiger partial charge in [-0.05, 0) is 55.5 Å². The van der Waals surface area contributed by atoms with Gasteiger partial charge in [0.15, 0.2) is 0 Å². The van der Waals surface area contributed by atoms with Crippen LogP contribution in [0.5, 0.6) is 0 Å². The Kier molecular flexibility index (Phi) is 5.35. The number of benzene rings is 1. The lowest BCUT2D eigenvalue weighted by atomic mass is 9.80. The summed E-state index contributed by atoms with van der Waals surface area (Å²) in [5, 5.41) is 5.24. The van der Waals surface area contributed by atoms with Crippen molar-refractivity contribution in [3.8, 4) is 0 Å². The van der Waals surface area contributed by atoms with Crippen molar-refractivity contribution in [2.45, 2.75) is 45.1 Å². The van der Waals surface area contributed by atoms with Gasteiger partial charge in [0.1, 0.15) is 0 Å². The van der Waals surface area contributed by atoms with E-state index in [0.717, 1.165) is 23.0 Å². The maximum absolute atomic E-state index is 6.26. The van der Waals surface area contributed by atoms with Crippen molar-refractivity contribution in [1.82, 2.24) is 5.32 Å². The van der Waals surface area contributed by atoms with E-state index in [0.29, 0.717) is 12.0 Å². The smallest absolute Gasteiger partial charge is 0.0439 e. The molecule has 1 nitrogen and oxygen atoms in total. The van der Waals surface area contributed by atoms with E-state index in [1.165, 1.54) is 31.2 Å². The first kappa shape index (κ1) is 14.2. The molecular formula is C15H21Cl2N. The van der Waals surface area contributed by atoms with E-state index >= 15 is 0 Å². The van der Waals surface area contributed by atoms with Gasteiger partial charge in [0, 0.05) is 16.1 Å². The molecule has 0 bridgehead atoms. The number of rotatable bonds is 4. The van der Waals surface area contributed by atoms with E-state index in [2.05, 4.69) is 12.2 Å². The molecule has 0 amide bonds. The highest BCUT2D eigenvalue weighted by Crippen LogP contribution is 2.30. The molecule has 1 fully saturated rings. The Balaban J connectivity index is 2.08. The molecule has 1 N–H and O–H groups in total. The van der Waals surface area contributed by atoms with Gasteiger partial charge in [0.25, 0.3) is 0 Å². The van der Waals surface area contributed by atoms with Crippen molar-refractivity contribution in [1.29, 1.82) is 0 Å². The summed E-state index contributed by atoms with van der Waals surface area (Å²) in [5.74, 6) is 0.690. The molecule has 18 heavy (non-hydrogen) atoms. The van der Waals surface area contributed by atoms with Gasteiger partial charge in [-0.25, -0.2) is 0 Å². The van der Waals surface area contributed by atoms with Crippen LogP contribution in [0.15, 0.2) is 18.2 Å². The molecule has 1 aliphatic carbocycles. The first-order chi connectivity index (χ1) is 8.70. The average Bonchev–Trinajstić information content (AvgIpc) is 2.36. The van der Waals surface area contributed by atoms with E-state index in [1.54, 1.807) is 0 Å². The molecule has 1 aromatic rings. The summed E-state index contributed by atoms with van der Waals surface area (Å²) in [4.78, 5) is 0. The van der Waals surface area contributed by atoms with E-state index in [9.17, 15) is 0 Å². The molecule has 1 aromatic carbocycles. The van der Waals surface area contributed by atoms with E-state index in [1.807, 2.05) is 18.2 Å². The minimum absolute atomic E-state index is 0.638. The SMILES string of the molecule is CCNC1CCCCC1Cc1cc(Cl)ccc1Cl. The zero-order valence-corrected chi connectivity index (χ0v) is 12.4. The lowest BCUT2D eigenvalue weighted by Gasteiger charge is -2.32. The van der Waals surface area contributed by atoms with Crippen LogP contribution in [0.1, 0.15) is 38.2 Å². The number of nitrogens with one attached hydrogen (secondary N) is 1. The van der Waals surface area contributed by atoms with Gasteiger partial charge >= 0.3 is 0 Å². The molecular weight excluding hydrogens is 265 g/mol. The predicted octanol–water partition coefficient (Wildman–Crippen LogP) is 4.70. The largest absolute Gasteiger partial charge is 0.314 e. The Morgan fingerprint density at radius 3 is 2.78 bits per heavy atom. The third-order valence-electron chi connectivity index (χ3n) is 3.87. The maximum Gasteiger partial charge on any atom is 0.0439 e. The van der Waals surface area contributed by atoms with Crippen molar-refractivity contribution in [3.63, 3.8) is 0 Å². The number of halogens is 2. The molecule has 2 unspecified atom stereocenters. The van der Waals surface area contributed by atoms with Gasteiger partial charge in [0.2, 0.25) is 0 Å². The summed E-state index contributed by atoms with van der Waals surface area (Å²) in [6.07, 6.45) is 6.30. The zero-order chi connectivity index (χ0) is 13.0. The number of hydrogen-bond donors (Lipinski definition) is 1. The van der Waals surface area contributed by atoms with E-state index < -0.39 is 0 Å². The fourth-order valence-electron chi connectivity index (χ4n) is 2.97. The van der Waals surface area contributed by atoms with E-state index in [4.69, 9.17) is 23.2 Å². The van der Waals surface area contributed by atoms with Crippen LogP contribution in [-0.2, 0) is 6.42 Å². The summed E-state index contributed by atoms with van der Waals surface area (Å²) in [7, 11) is 0. The fourth-order valence-corrected chi connectivity index (χ4v) is 3.35. The van der Waals surface area contributed by atoms with Crippen LogP contribution in [0.3, 0.4) is 0 Å². The molecule has 0 spiro atoms. The summed E-state index contributed by atoms with van der Waals surface area (Å²) >= 11 is 12.3. The zero-order valence-electron chi connectivity index (χ0n) is 10.9. The van der Waals surface area contributed by atoms with Crippen LogP contribution in [0.4, 0.5) is 0 Å². The van der Waals surface area contributed by atoms with Crippen LogP contribution >= 0.6 is 23.2 Å². The molecule has 0 aromatic heterocycles. The Bertz CT molecular complexity index is 390. The van der Waals surface area contributed by atoms with Gasteiger partial charge in [-0.1, -0.05) is 43.0 Å². The Morgan fingerprint density at radius 2 is 2.00 bits per heavy atom. The van der Waals surface area contributed by atoms with Crippen molar-refractivity contribution in [2.75, 3.05) is 6.54 Å². The molecule has 3 heteroatoms. The summed E-state index contributed by atoms with van der Waals surface area (Å²) in [5.41, 5.74) is 1.19. The van der Waals surface area contributed by atoms with Crippen LogP contribution in [0.2, 0.25) is 10.0 Å². The molecule has 1 aliphatic rings. The average molecular weight is 286 g/mol. The van der Waals surface area contributed by atoms with Gasteiger partial charge in [-0.2, -0.15) is 0 Å². The van der Waals surface area contributed by atoms with Crippen molar-refractivity contribution >= 4 is 23.2 Å². The van der Waals surface area contributed by atoms with Crippen molar-refractivity contribution in [3.05, 3.63) is 33.8 Å².